The lowest BCUT2D eigenvalue weighted by Gasteiger charge is -2.33. The van der Waals surface area contributed by atoms with Gasteiger partial charge in [-0.25, -0.2) is 9.59 Å². The topological polar surface area (TPSA) is 114 Å². The van der Waals surface area contributed by atoms with Crippen LogP contribution >= 0.6 is 11.3 Å². The van der Waals surface area contributed by atoms with Crippen LogP contribution in [0.15, 0.2) is 0 Å². The Morgan fingerprint density at radius 1 is 0.933 bits per heavy atom. The number of thiophene rings is 1. The molecule has 1 aliphatic rings. The fourth-order valence-corrected chi connectivity index (χ4v) is 4.23. The van der Waals surface area contributed by atoms with Crippen LogP contribution in [-0.4, -0.2) is 94.2 Å². The van der Waals surface area contributed by atoms with Crippen LogP contribution in [0.5, 0.6) is 0 Å². The zero-order valence-corrected chi connectivity index (χ0v) is 18.4. The number of anilines is 1. The van der Waals surface area contributed by atoms with Crippen LogP contribution in [0, 0.1) is 6.92 Å². The summed E-state index contributed by atoms with van der Waals surface area (Å²) in [7, 11) is 3.86. The smallest absolute Gasteiger partial charge is 0.348 e. The highest BCUT2D eigenvalue weighted by atomic mass is 32.1. The largest absolute Gasteiger partial charge is 0.468 e. The van der Waals surface area contributed by atoms with E-state index in [-0.39, 0.29) is 40.3 Å². The minimum atomic E-state index is -0.629. The number of amides is 1. The second-order valence-corrected chi connectivity index (χ2v) is 7.76. The summed E-state index contributed by atoms with van der Waals surface area (Å²) in [6, 6.07) is 0. The van der Waals surface area contributed by atoms with E-state index in [9.17, 15) is 19.2 Å². The Kier molecular flexibility index (Phi) is 8.75. The van der Waals surface area contributed by atoms with Crippen molar-refractivity contribution in [2.24, 2.45) is 0 Å². The lowest BCUT2D eigenvalue weighted by molar-refractivity contribution is -0.142. The van der Waals surface area contributed by atoms with Gasteiger partial charge in [0.15, 0.2) is 0 Å². The summed E-state index contributed by atoms with van der Waals surface area (Å²) in [4.78, 5) is 52.2. The van der Waals surface area contributed by atoms with Gasteiger partial charge in [0.05, 0.1) is 33.4 Å². The molecule has 0 bridgehead atoms. The minimum Gasteiger partial charge on any atom is -0.468 e. The van der Waals surface area contributed by atoms with Gasteiger partial charge in [-0.15, -0.1) is 11.3 Å². The van der Waals surface area contributed by atoms with E-state index in [1.165, 1.54) is 21.3 Å². The molecule has 11 heteroatoms. The molecule has 0 aliphatic carbocycles. The first-order chi connectivity index (χ1) is 14.3. The van der Waals surface area contributed by atoms with Crippen LogP contribution in [0.3, 0.4) is 0 Å². The van der Waals surface area contributed by atoms with Crippen molar-refractivity contribution in [2.75, 3.05) is 65.9 Å². The van der Waals surface area contributed by atoms with Crippen molar-refractivity contribution in [1.29, 1.82) is 0 Å². The summed E-state index contributed by atoms with van der Waals surface area (Å²) in [6.07, 6.45) is 0.224. The standard InChI is InChI=1S/C19H27N3O7S/c1-12-15(18(25)28-3)17(30-16(12)19(26)29-4)20-13(23)5-6-21-7-9-22(10-8-21)11-14(24)27-2/h5-11H2,1-4H3,(H,20,23). The maximum Gasteiger partial charge on any atom is 0.348 e. The number of nitrogens with one attached hydrogen (secondary N) is 1. The molecule has 1 amide bonds. The molecule has 1 N–H and O–H groups in total. The first kappa shape index (κ1) is 23.8. The summed E-state index contributed by atoms with van der Waals surface area (Å²) < 4.78 is 14.2. The number of ether oxygens (including phenoxy) is 3. The van der Waals surface area contributed by atoms with Crippen molar-refractivity contribution in [3.8, 4) is 0 Å². The lowest BCUT2D eigenvalue weighted by atomic mass is 10.1. The molecule has 0 spiro atoms. The van der Waals surface area contributed by atoms with Crippen molar-refractivity contribution >= 4 is 40.2 Å². The number of carbonyl (C=O) groups is 4. The van der Waals surface area contributed by atoms with E-state index < -0.39 is 11.9 Å². The third-order valence-corrected chi connectivity index (χ3v) is 6.05. The van der Waals surface area contributed by atoms with Crippen molar-refractivity contribution in [3.63, 3.8) is 0 Å². The Hall–Kier alpha value is -2.50. The molecule has 2 heterocycles. The Morgan fingerprint density at radius 3 is 2.10 bits per heavy atom. The molecule has 0 unspecified atom stereocenters. The number of piperazine rings is 1. The number of nitrogens with zero attached hydrogens (tertiary/aromatic N) is 2. The second-order valence-electron chi connectivity index (χ2n) is 6.74. The molecular weight excluding hydrogens is 414 g/mol. The number of hydrogen-bond acceptors (Lipinski definition) is 10. The second kappa shape index (κ2) is 11.0. The van der Waals surface area contributed by atoms with Gasteiger partial charge in [0.2, 0.25) is 5.91 Å². The predicted molar refractivity (Wildman–Crippen MR) is 110 cm³/mol. The number of methoxy groups -OCH3 is 3. The third kappa shape index (κ3) is 6.00. The van der Waals surface area contributed by atoms with Crippen LogP contribution in [-0.2, 0) is 23.8 Å². The van der Waals surface area contributed by atoms with Gasteiger partial charge in [-0.05, 0) is 12.5 Å². The molecule has 1 fully saturated rings. The highest BCUT2D eigenvalue weighted by Crippen LogP contribution is 2.34. The average molecular weight is 442 g/mol. The van der Waals surface area contributed by atoms with E-state index in [0.717, 1.165) is 37.5 Å². The molecule has 1 saturated heterocycles. The number of rotatable bonds is 8. The van der Waals surface area contributed by atoms with E-state index in [0.29, 0.717) is 12.1 Å². The van der Waals surface area contributed by atoms with Gasteiger partial charge in [-0.2, -0.15) is 0 Å². The van der Waals surface area contributed by atoms with Gasteiger partial charge < -0.3 is 24.4 Å². The number of hydrogen-bond donors (Lipinski definition) is 1. The van der Waals surface area contributed by atoms with Crippen molar-refractivity contribution in [2.45, 2.75) is 13.3 Å². The maximum absolute atomic E-state index is 12.5. The predicted octanol–water partition coefficient (Wildman–Crippen LogP) is 0.749. The zero-order valence-electron chi connectivity index (χ0n) is 17.6. The van der Waals surface area contributed by atoms with Crippen LogP contribution in [0.1, 0.15) is 32.0 Å². The first-order valence-corrected chi connectivity index (χ1v) is 10.2. The number of esters is 3. The molecule has 10 nitrogen and oxygen atoms in total. The Labute approximate surface area is 179 Å². The van der Waals surface area contributed by atoms with E-state index in [4.69, 9.17) is 9.47 Å². The molecule has 166 valence electrons. The van der Waals surface area contributed by atoms with Crippen LogP contribution in [0.25, 0.3) is 0 Å². The van der Waals surface area contributed by atoms with E-state index >= 15 is 0 Å². The average Bonchev–Trinajstić information content (AvgIpc) is 3.07. The molecule has 0 aromatic carbocycles. The quantitative estimate of drug-likeness (QED) is 0.461. The lowest BCUT2D eigenvalue weighted by Crippen LogP contribution is -2.48. The van der Waals surface area contributed by atoms with Gasteiger partial charge in [0.25, 0.3) is 0 Å². The van der Waals surface area contributed by atoms with Crippen molar-refractivity contribution < 1.29 is 33.4 Å². The summed E-state index contributed by atoms with van der Waals surface area (Å²) in [5.41, 5.74) is 0.573. The Balaban J connectivity index is 1.93. The van der Waals surface area contributed by atoms with Crippen LogP contribution in [0.2, 0.25) is 0 Å². The summed E-state index contributed by atoms with van der Waals surface area (Å²) in [6.45, 7) is 5.33. The van der Waals surface area contributed by atoms with E-state index in [1.807, 2.05) is 4.90 Å². The van der Waals surface area contributed by atoms with E-state index in [1.54, 1.807) is 6.92 Å². The molecular formula is C19H27N3O7S. The molecule has 1 aliphatic heterocycles. The first-order valence-electron chi connectivity index (χ1n) is 9.42. The SMILES string of the molecule is COC(=O)CN1CCN(CCC(=O)Nc2sc(C(=O)OC)c(C)c2C(=O)OC)CC1. The summed E-state index contributed by atoms with van der Waals surface area (Å²) >= 11 is 0.989. The molecule has 0 radical (unpaired) electrons. The van der Waals surface area contributed by atoms with Gasteiger partial charge >= 0.3 is 17.9 Å². The molecule has 2 rings (SSSR count). The fraction of sp³-hybridized carbons (Fsp3) is 0.579. The van der Waals surface area contributed by atoms with E-state index in [2.05, 4.69) is 15.0 Å². The van der Waals surface area contributed by atoms with Gasteiger partial charge in [-0.1, -0.05) is 0 Å². The molecule has 0 atom stereocenters. The van der Waals surface area contributed by atoms with Crippen molar-refractivity contribution in [3.05, 3.63) is 16.0 Å². The molecule has 1 aromatic rings. The van der Waals surface area contributed by atoms with Crippen LogP contribution in [0.4, 0.5) is 5.00 Å². The normalized spacial score (nSPS) is 14.8. The third-order valence-electron chi connectivity index (χ3n) is 4.86. The fourth-order valence-electron chi connectivity index (χ4n) is 3.10. The van der Waals surface area contributed by atoms with Crippen LogP contribution < -0.4 is 5.32 Å². The van der Waals surface area contributed by atoms with Gasteiger partial charge in [0.1, 0.15) is 9.88 Å². The highest BCUT2D eigenvalue weighted by molar-refractivity contribution is 7.18. The molecule has 0 saturated carbocycles. The molecule has 30 heavy (non-hydrogen) atoms. The number of carbonyl (C=O) groups excluding carboxylic acids is 4. The summed E-state index contributed by atoms with van der Waals surface area (Å²) in [5.74, 6) is -1.74. The molecule has 1 aromatic heterocycles. The summed E-state index contributed by atoms with van der Waals surface area (Å²) in [5, 5.41) is 2.99. The Morgan fingerprint density at radius 2 is 1.53 bits per heavy atom. The van der Waals surface area contributed by atoms with Gasteiger partial charge in [0, 0.05) is 39.1 Å². The zero-order chi connectivity index (χ0) is 22.3. The van der Waals surface area contributed by atoms with Gasteiger partial charge in [-0.3, -0.25) is 14.5 Å². The minimum absolute atomic E-state index is 0.160. The van der Waals surface area contributed by atoms with Crippen molar-refractivity contribution in [1.82, 2.24) is 9.80 Å². The monoisotopic (exact) mass is 441 g/mol. The Bertz CT molecular complexity index is 800. The maximum atomic E-state index is 12.5. The highest BCUT2D eigenvalue weighted by Gasteiger charge is 2.27.